The molecule has 2 aromatic carbocycles. The third kappa shape index (κ3) is 5.22. The number of nitrogens with zero attached hydrogens (tertiary/aromatic N) is 3. The molecule has 0 atom stereocenters. The number of hydrogen-bond donors (Lipinski definition) is 0. The Bertz CT molecular complexity index is 991. The zero-order valence-electron chi connectivity index (χ0n) is 18.2. The molecular formula is C24H31N3OS. The second-order valence-electron chi connectivity index (χ2n) is 7.64. The molecule has 29 heavy (non-hydrogen) atoms. The molecule has 0 saturated heterocycles. The highest BCUT2D eigenvalue weighted by molar-refractivity contribution is 7.22. The van der Waals surface area contributed by atoms with Gasteiger partial charge in [0.15, 0.2) is 5.13 Å². The van der Waals surface area contributed by atoms with Crippen molar-refractivity contribution in [1.82, 2.24) is 9.88 Å². The van der Waals surface area contributed by atoms with Gasteiger partial charge in [0.2, 0.25) is 5.91 Å². The van der Waals surface area contributed by atoms with Crippen molar-refractivity contribution >= 4 is 32.6 Å². The molecule has 0 aliphatic rings. The number of hydrogen-bond acceptors (Lipinski definition) is 4. The SMILES string of the molecule is CCN(CC)CCN(C(=O)Cc1ccc(C)c(C)c1)c1nc2ccc(C)cc2s1. The van der Waals surface area contributed by atoms with Crippen LogP contribution in [0.1, 0.15) is 36.1 Å². The van der Waals surface area contributed by atoms with Gasteiger partial charge in [0, 0.05) is 13.1 Å². The molecule has 0 N–H and O–H groups in total. The number of amides is 1. The van der Waals surface area contributed by atoms with E-state index in [0.717, 1.165) is 40.5 Å². The average molecular weight is 410 g/mol. The fourth-order valence-electron chi connectivity index (χ4n) is 3.43. The van der Waals surface area contributed by atoms with Crippen LogP contribution in [-0.2, 0) is 11.2 Å². The third-order valence-corrected chi connectivity index (χ3v) is 6.57. The molecule has 0 radical (unpaired) electrons. The number of aromatic nitrogens is 1. The van der Waals surface area contributed by atoms with Crippen molar-refractivity contribution in [3.63, 3.8) is 0 Å². The van der Waals surface area contributed by atoms with Crippen molar-refractivity contribution in [3.8, 4) is 0 Å². The summed E-state index contributed by atoms with van der Waals surface area (Å²) in [6, 6.07) is 12.5. The van der Waals surface area contributed by atoms with Gasteiger partial charge in [-0.15, -0.1) is 0 Å². The average Bonchev–Trinajstić information content (AvgIpc) is 3.10. The highest BCUT2D eigenvalue weighted by Gasteiger charge is 2.21. The van der Waals surface area contributed by atoms with Crippen LogP contribution < -0.4 is 4.90 Å². The van der Waals surface area contributed by atoms with Crippen LogP contribution >= 0.6 is 11.3 Å². The van der Waals surface area contributed by atoms with E-state index in [2.05, 4.69) is 69.9 Å². The molecule has 0 saturated carbocycles. The Morgan fingerprint density at radius 2 is 1.72 bits per heavy atom. The summed E-state index contributed by atoms with van der Waals surface area (Å²) in [5, 5.41) is 0.798. The van der Waals surface area contributed by atoms with Gasteiger partial charge in [-0.25, -0.2) is 4.98 Å². The summed E-state index contributed by atoms with van der Waals surface area (Å²) in [6.07, 6.45) is 0.397. The summed E-state index contributed by atoms with van der Waals surface area (Å²) in [7, 11) is 0. The molecular weight excluding hydrogens is 378 g/mol. The quantitative estimate of drug-likeness (QED) is 0.517. The summed E-state index contributed by atoms with van der Waals surface area (Å²) in [5.74, 6) is 0.108. The molecule has 0 spiro atoms. The Kier molecular flexibility index (Phi) is 7.04. The normalized spacial score (nSPS) is 11.4. The zero-order valence-corrected chi connectivity index (χ0v) is 19.0. The maximum Gasteiger partial charge on any atom is 0.233 e. The van der Waals surface area contributed by atoms with E-state index < -0.39 is 0 Å². The molecule has 0 fully saturated rings. The summed E-state index contributed by atoms with van der Waals surface area (Å²) in [5.41, 5.74) is 5.70. The van der Waals surface area contributed by atoms with Gasteiger partial charge in [0.1, 0.15) is 0 Å². The first-order valence-electron chi connectivity index (χ1n) is 10.4. The molecule has 5 heteroatoms. The number of carbonyl (C=O) groups is 1. The number of rotatable bonds is 8. The van der Waals surface area contributed by atoms with Crippen LogP contribution in [0.25, 0.3) is 10.2 Å². The van der Waals surface area contributed by atoms with Crippen molar-refractivity contribution in [2.24, 2.45) is 0 Å². The minimum Gasteiger partial charge on any atom is -0.302 e. The fraction of sp³-hybridized carbons (Fsp3) is 0.417. The van der Waals surface area contributed by atoms with E-state index in [0.29, 0.717) is 13.0 Å². The number of thiazole rings is 1. The predicted molar refractivity (Wildman–Crippen MR) is 124 cm³/mol. The summed E-state index contributed by atoms with van der Waals surface area (Å²) in [4.78, 5) is 22.3. The summed E-state index contributed by atoms with van der Waals surface area (Å²) < 4.78 is 1.13. The van der Waals surface area contributed by atoms with E-state index in [9.17, 15) is 4.79 Å². The van der Waals surface area contributed by atoms with Crippen LogP contribution in [0.3, 0.4) is 0 Å². The second-order valence-corrected chi connectivity index (χ2v) is 8.64. The number of anilines is 1. The Hall–Kier alpha value is -2.24. The third-order valence-electron chi connectivity index (χ3n) is 5.53. The minimum absolute atomic E-state index is 0.108. The Balaban J connectivity index is 1.88. The Morgan fingerprint density at radius 3 is 2.41 bits per heavy atom. The molecule has 4 nitrogen and oxygen atoms in total. The van der Waals surface area contributed by atoms with E-state index in [1.165, 1.54) is 16.7 Å². The lowest BCUT2D eigenvalue weighted by Crippen LogP contribution is -2.39. The minimum atomic E-state index is 0.108. The number of aryl methyl sites for hydroxylation is 3. The Morgan fingerprint density at radius 1 is 0.966 bits per heavy atom. The second kappa shape index (κ2) is 9.51. The lowest BCUT2D eigenvalue weighted by molar-refractivity contribution is -0.118. The Labute approximate surface area is 178 Å². The smallest absolute Gasteiger partial charge is 0.233 e. The monoisotopic (exact) mass is 409 g/mol. The van der Waals surface area contributed by atoms with E-state index >= 15 is 0 Å². The van der Waals surface area contributed by atoms with Gasteiger partial charge >= 0.3 is 0 Å². The molecule has 1 heterocycles. The first-order valence-corrected chi connectivity index (χ1v) is 11.2. The fourth-order valence-corrected chi connectivity index (χ4v) is 4.53. The number of fused-ring (bicyclic) bond motifs is 1. The van der Waals surface area contributed by atoms with Gasteiger partial charge in [-0.05, 0) is 68.2 Å². The van der Waals surface area contributed by atoms with Gasteiger partial charge in [-0.3, -0.25) is 9.69 Å². The maximum atomic E-state index is 13.3. The van der Waals surface area contributed by atoms with Crippen LogP contribution in [0, 0.1) is 20.8 Å². The van der Waals surface area contributed by atoms with E-state index in [-0.39, 0.29) is 5.91 Å². The molecule has 0 aliphatic carbocycles. The lowest BCUT2D eigenvalue weighted by atomic mass is 10.0. The van der Waals surface area contributed by atoms with Gasteiger partial charge < -0.3 is 4.90 Å². The first-order chi connectivity index (χ1) is 13.9. The van der Waals surface area contributed by atoms with Crippen LogP contribution in [0.2, 0.25) is 0 Å². The standard InChI is InChI=1S/C24H31N3OS/c1-6-26(7-2)12-13-27(23(28)16-20-10-9-18(4)19(5)15-20)24-25-21-11-8-17(3)14-22(21)29-24/h8-11,14-15H,6-7,12-13,16H2,1-5H3. The largest absolute Gasteiger partial charge is 0.302 e. The van der Waals surface area contributed by atoms with Crippen molar-refractivity contribution < 1.29 is 4.79 Å². The molecule has 3 aromatic rings. The van der Waals surface area contributed by atoms with Crippen molar-refractivity contribution in [3.05, 3.63) is 58.7 Å². The van der Waals surface area contributed by atoms with Crippen molar-refractivity contribution in [2.45, 2.75) is 41.0 Å². The predicted octanol–water partition coefficient (Wildman–Crippen LogP) is 5.14. The van der Waals surface area contributed by atoms with Gasteiger partial charge in [-0.2, -0.15) is 0 Å². The van der Waals surface area contributed by atoms with Gasteiger partial charge in [0.05, 0.1) is 16.6 Å². The lowest BCUT2D eigenvalue weighted by Gasteiger charge is -2.25. The molecule has 1 aromatic heterocycles. The van der Waals surface area contributed by atoms with Crippen LogP contribution in [-0.4, -0.2) is 42.0 Å². The van der Waals surface area contributed by atoms with Gasteiger partial charge in [-0.1, -0.05) is 49.4 Å². The number of likely N-dealkylation sites (N-methyl/N-ethyl adjacent to an activating group) is 1. The highest BCUT2D eigenvalue weighted by Crippen LogP contribution is 2.30. The van der Waals surface area contributed by atoms with Gasteiger partial charge in [0.25, 0.3) is 0 Å². The molecule has 0 unspecified atom stereocenters. The van der Waals surface area contributed by atoms with Crippen molar-refractivity contribution in [1.29, 1.82) is 0 Å². The molecule has 154 valence electrons. The van der Waals surface area contributed by atoms with Crippen LogP contribution in [0.5, 0.6) is 0 Å². The van der Waals surface area contributed by atoms with E-state index in [4.69, 9.17) is 4.98 Å². The van der Waals surface area contributed by atoms with E-state index in [1.54, 1.807) is 11.3 Å². The van der Waals surface area contributed by atoms with Crippen LogP contribution in [0.4, 0.5) is 5.13 Å². The topological polar surface area (TPSA) is 36.4 Å². The molecule has 3 rings (SSSR count). The maximum absolute atomic E-state index is 13.3. The highest BCUT2D eigenvalue weighted by atomic mass is 32.1. The summed E-state index contributed by atoms with van der Waals surface area (Å²) in [6.45, 7) is 14.1. The molecule has 0 bridgehead atoms. The molecule has 0 aliphatic heterocycles. The molecule has 1 amide bonds. The van der Waals surface area contributed by atoms with E-state index in [1.807, 2.05) is 11.0 Å². The first kappa shape index (κ1) is 21.5. The zero-order chi connectivity index (χ0) is 21.0. The number of carbonyl (C=O) groups excluding carboxylic acids is 1. The summed E-state index contributed by atoms with van der Waals surface area (Å²) >= 11 is 1.61. The number of benzene rings is 2. The van der Waals surface area contributed by atoms with Crippen LogP contribution in [0.15, 0.2) is 36.4 Å². The van der Waals surface area contributed by atoms with Crippen molar-refractivity contribution in [2.75, 3.05) is 31.1 Å².